The van der Waals surface area contributed by atoms with Crippen LogP contribution >= 0.6 is 34.2 Å². The predicted molar refractivity (Wildman–Crippen MR) is 97.2 cm³/mol. The first-order chi connectivity index (χ1) is 10.2. The van der Waals surface area contributed by atoms with Gasteiger partial charge >= 0.3 is 0 Å². The fourth-order valence-electron chi connectivity index (χ4n) is 2.56. The molecule has 0 bridgehead atoms. The highest BCUT2D eigenvalue weighted by atomic mass is 127. The second-order valence-electron chi connectivity index (χ2n) is 5.11. The zero-order valence-electron chi connectivity index (χ0n) is 11.8. The van der Waals surface area contributed by atoms with Gasteiger partial charge in [0.2, 0.25) is 0 Å². The van der Waals surface area contributed by atoms with Crippen LogP contribution in [0.5, 0.6) is 0 Å². The summed E-state index contributed by atoms with van der Waals surface area (Å²) in [7, 11) is 0. The molecule has 3 rings (SSSR count). The van der Waals surface area contributed by atoms with E-state index in [-0.39, 0.29) is 0 Å². The van der Waals surface area contributed by atoms with E-state index in [1.807, 2.05) is 0 Å². The highest BCUT2D eigenvalue weighted by molar-refractivity contribution is 14.1. The van der Waals surface area contributed by atoms with E-state index in [9.17, 15) is 0 Å². The minimum atomic E-state index is 0.591. The van der Waals surface area contributed by atoms with Crippen molar-refractivity contribution in [3.8, 4) is 0 Å². The molecular weight excluding hydrogens is 395 g/mol. The topological polar surface area (TPSA) is 17.8 Å². The van der Waals surface area contributed by atoms with Crippen LogP contribution in [0.25, 0.3) is 11.0 Å². The highest BCUT2D eigenvalue weighted by Gasteiger charge is 2.11. The molecule has 4 heteroatoms. The second-order valence-corrected chi connectivity index (χ2v) is 6.74. The van der Waals surface area contributed by atoms with E-state index in [2.05, 4.69) is 76.5 Å². The van der Waals surface area contributed by atoms with Gasteiger partial charge in [0.05, 0.1) is 11.0 Å². The molecule has 0 unspecified atom stereocenters. The van der Waals surface area contributed by atoms with Crippen molar-refractivity contribution >= 4 is 45.2 Å². The molecular formula is C17H16ClIN2. The number of rotatable bonds is 4. The molecule has 0 amide bonds. The molecule has 0 aliphatic heterocycles. The number of hydrogen-bond donors (Lipinski definition) is 0. The standard InChI is InChI=1S/C17H16ClIN2/c1-12-4-2-3-5-13(12)11-21-16-7-6-14(19)10-15(16)20-17(21)8-9-18/h2-7,10H,8-9,11H2,1H3. The second kappa shape index (κ2) is 6.36. The minimum Gasteiger partial charge on any atom is -0.323 e. The highest BCUT2D eigenvalue weighted by Crippen LogP contribution is 2.22. The van der Waals surface area contributed by atoms with Gasteiger partial charge < -0.3 is 4.57 Å². The van der Waals surface area contributed by atoms with Crippen molar-refractivity contribution in [1.29, 1.82) is 0 Å². The third kappa shape index (κ3) is 3.09. The molecule has 0 N–H and O–H groups in total. The Bertz CT molecular complexity index is 780. The molecule has 0 aliphatic rings. The van der Waals surface area contributed by atoms with Gasteiger partial charge in [0.15, 0.2) is 0 Å². The van der Waals surface area contributed by atoms with Gasteiger partial charge in [-0.3, -0.25) is 0 Å². The zero-order valence-corrected chi connectivity index (χ0v) is 14.7. The van der Waals surface area contributed by atoms with Gasteiger partial charge in [-0.1, -0.05) is 24.3 Å². The minimum absolute atomic E-state index is 0.591. The number of halogens is 2. The first-order valence-electron chi connectivity index (χ1n) is 6.94. The average molecular weight is 411 g/mol. The lowest BCUT2D eigenvalue weighted by molar-refractivity contribution is 0.751. The molecule has 0 radical (unpaired) electrons. The number of aromatic nitrogens is 2. The summed E-state index contributed by atoms with van der Waals surface area (Å²) >= 11 is 8.27. The number of nitrogens with zero attached hydrogens (tertiary/aromatic N) is 2. The molecule has 3 aromatic rings. The summed E-state index contributed by atoms with van der Waals surface area (Å²) in [6, 6.07) is 14.9. The molecule has 2 aromatic carbocycles. The monoisotopic (exact) mass is 410 g/mol. The Hall–Kier alpha value is -1.07. The third-order valence-electron chi connectivity index (χ3n) is 3.70. The first kappa shape index (κ1) is 14.9. The molecule has 21 heavy (non-hydrogen) atoms. The molecule has 0 aliphatic carbocycles. The molecule has 108 valence electrons. The number of hydrogen-bond acceptors (Lipinski definition) is 1. The lowest BCUT2D eigenvalue weighted by Gasteiger charge is -2.11. The van der Waals surface area contributed by atoms with Crippen molar-refractivity contribution in [2.75, 3.05) is 5.88 Å². The maximum atomic E-state index is 5.95. The maximum Gasteiger partial charge on any atom is 0.111 e. The molecule has 0 saturated heterocycles. The van der Waals surface area contributed by atoms with E-state index < -0.39 is 0 Å². The van der Waals surface area contributed by atoms with Crippen LogP contribution in [0.2, 0.25) is 0 Å². The largest absolute Gasteiger partial charge is 0.323 e. The van der Waals surface area contributed by atoms with Crippen LogP contribution in [0.4, 0.5) is 0 Å². The van der Waals surface area contributed by atoms with Gasteiger partial charge in [0.25, 0.3) is 0 Å². The van der Waals surface area contributed by atoms with Crippen molar-refractivity contribution in [2.24, 2.45) is 0 Å². The van der Waals surface area contributed by atoms with Gasteiger partial charge in [-0.25, -0.2) is 4.98 Å². The Kier molecular flexibility index (Phi) is 4.50. The van der Waals surface area contributed by atoms with Crippen molar-refractivity contribution < 1.29 is 0 Å². The van der Waals surface area contributed by atoms with E-state index in [1.54, 1.807) is 0 Å². The smallest absolute Gasteiger partial charge is 0.111 e. The van der Waals surface area contributed by atoms with Crippen LogP contribution in [0.15, 0.2) is 42.5 Å². The van der Waals surface area contributed by atoms with Crippen molar-refractivity contribution in [3.63, 3.8) is 0 Å². The van der Waals surface area contributed by atoms with Gasteiger partial charge in [0, 0.05) is 22.4 Å². The summed E-state index contributed by atoms with van der Waals surface area (Å²) in [5.74, 6) is 1.65. The third-order valence-corrected chi connectivity index (χ3v) is 4.56. The number of alkyl halides is 1. The molecule has 0 spiro atoms. The van der Waals surface area contributed by atoms with Gasteiger partial charge in [-0.2, -0.15) is 0 Å². The average Bonchev–Trinajstić information content (AvgIpc) is 2.79. The molecule has 2 nitrogen and oxygen atoms in total. The Balaban J connectivity index is 2.11. The molecule has 0 atom stereocenters. The van der Waals surface area contributed by atoms with E-state index in [1.165, 1.54) is 20.2 Å². The summed E-state index contributed by atoms with van der Waals surface area (Å²) in [6.45, 7) is 2.99. The lowest BCUT2D eigenvalue weighted by atomic mass is 10.1. The fourth-order valence-corrected chi connectivity index (χ4v) is 3.21. The quantitative estimate of drug-likeness (QED) is 0.447. The van der Waals surface area contributed by atoms with Crippen molar-refractivity contribution in [1.82, 2.24) is 9.55 Å². The lowest BCUT2D eigenvalue weighted by Crippen LogP contribution is -2.07. The first-order valence-corrected chi connectivity index (χ1v) is 8.55. The van der Waals surface area contributed by atoms with Crippen molar-refractivity contribution in [3.05, 3.63) is 63.0 Å². The molecule has 1 heterocycles. The summed E-state index contributed by atoms with van der Waals surface area (Å²) < 4.78 is 3.49. The number of benzene rings is 2. The van der Waals surface area contributed by atoms with Crippen LogP contribution in [-0.4, -0.2) is 15.4 Å². The van der Waals surface area contributed by atoms with Crippen LogP contribution in [0.3, 0.4) is 0 Å². The summed E-state index contributed by atoms with van der Waals surface area (Å²) in [5.41, 5.74) is 4.86. The maximum absolute atomic E-state index is 5.95. The van der Waals surface area contributed by atoms with Crippen LogP contribution in [-0.2, 0) is 13.0 Å². The zero-order chi connectivity index (χ0) is 14.8. The number of imidazole rings is 1. The summed E-state index contributed by atoms with van der Waals surface area (Å²) in [4.78, 5) is 4.76. The summed E-state index contributed by atoms with van der Waals surface area (Å²) in [6.07, 6.45) is 0.790. The van der Waals surface area contributed by atoms with Crippen LogP contribution < -0.4 is 0 Å². The Morgan fingerprint density at radius 2 is 2.00 bits per heavy atom. The Morgan fingerprint density at radius 3 is 2.76 bits per heavy atom. The van der Waals surface area contributed by atoms with E-state index in [4.69, 9.17) is 16.6 Å². The summed E-state index contributed by atoms with van der Waals surface area (Å²) in [5, 5.41) is 0. The van der Waals surface area contributed by atoms with Gasteiger partial charge in [-0.15, -0.1) is 11.6 Å². The van der Waals surface area contributed by atoms with Gasteiger partial charge in [0.1, 0.15) is 5.82 Å². The normalized spacial score (nSPS) is 11.2. The predicted octanol–water partition coefficient (Wildman–Crippen LogP) is 4.78. The van der Waals surface area contributed by atoms with Gasteiger partial charge in [-0.05, 0) is 58.8 Å². The van der Waals surface area contributed by atoms with E-state index >= 15 is 0 Å². The molecule has 0 saturated carbocycles. The Labute approximate surface area is 143 Å². The van der Waals surface area contributed by atoms with Crippen LogP contribution in [0.1, 0.15) is 17.0 Å². The number of aryl methyl sites for hydroxylation is 2. The van der Waals surface area contributed by atoms with E-state index in [0.717, 1.165) is 24.3 Å². The van der Waals surface area contributed by atoms with Crippen molar-refractivity contribution in [2.45, 2.75) is 19.9 Å². The Morgan fingerprint density at radius 1 is 1.19 bits per heavy atom. The number of fused-ring (bicyclic) bond motifs is 1. The van der Waals surface area contributed by atoms with Crippen LogP contribution in [0, 0.1) is 10.5 Å². The molecule has 1 aromatic heterocycles. The van der Waals surface area contributed by atoms with E-state index in [0.29, 0.717) is 5.88 Å². The SMILES string of the molecule is Cc1ccccc1Cn1c(CCCl)nc2cc(I)ccc21. The molecule has 0 fully saturated rings. The fraction of sp³-hybridized carbons (Fsp3) is 0.235.